The Labute approximate surface area is 286 Å². The molecule has 2 N–H and O–H groups in total. The molecule has 0 aliphatic carbocycles. The van der Waals surface area contributed by atoms with E-state index in [1.54, 1.807) is 46.8 Å². The highest BCUT2D eigenvalue weighted by atomic mass is 32.2. The molecule has 262 valence electrons. The lowest BCUT2D eigenvalue weighted by Gasteiger charge is -2.44. The van der Waals surface area contributed by atoms with Gasteiger partial charge in [-0.15, -0.1) is 0 Å². The van der Waals surface area contributed by atoms with Crippen LogP contribution in [0.3, 0.4) is 0 Å². The summed E-state index contributed by atoms with van der Waals surface area (Å²) in [7, 11) is -7.59. The van der Waals surface area contributed by atoms with E-state index in [1.165, 1.54) is 12.1 Å². The Morgan fingerprint density at radius 1 is 0.854 bits per heavy atom. The number of hydrogen-bond donors (Lipinski definition) is 2. The van der Waals surface area contributed by atoms with Crippen molar-refractivity contribution >= 4 is 40.9 Å². The lowest BCUT2D eigenvalue weighted by Crippen LogP contribution is -2.67. The third-order valence-corrected chi connectivity index (χ3v) is 13.9. The van der Waals surface area contributed by atoms with Gasteiger partial charge in [-0.05, 0) is 68.6 Å². The lowest BCUT2D eigenvalue weighted by molar-refractivity contribution is -0.157. The molecule has 3 rings (SSSR count). The van der Waals surface area contributed by atoms with Crippen molar-refractivity contribution in [2.24, 2.45) is 0 Å². The maximum atomic E-state index is 13.2. The van der Waals surface area contributed by atoms with Gasteiger partial charge in [0.05, 0.1) is 30.3 Å². The van der Waals surface area contributed by atoms with Gasteiger partial charge >= 0.3 is 12.1 Å². The normalized spacial score (nSPS) is 14.4. The number of rotatable bonds is 14. The van der Waals surface area contributed by atoms with Crippen LogP contribution in [-0.2, 0) is 33.0 Å². The van der Waals surface area contributed by atoms with Gasteiger partial charge in [-0.2, -0.15) is 8.42 Å². The molecular weight excluding hydrogens is 651 g/mol. The molecule has 10 nitrogen and oxygen atoms in total. The molecule has 0 spiro atoms. The van der Waals surface area contributed by atoms with Crippen LogP contribution in [0, 0.1) is 6.92 Å². The van der Waals surface area contributed by atoms with E-state index in [2.05, 4.69) is 26.1 Å². The summed E-state index contributed by atoms with van der Waals surface area (Å²) in [6.45, 7) is 14.6. The van der Waals surface area contributed by atoms with E-state index in [1.807, 2.05) is 60.7 Å². The predicted molar refractivity (Wildman–Crippen MR) is 187 cm³/mol. The van der Waals surface area contributed by atoms with Crippen molar-refractivity contribution in [3.05, 3.63) is 90.5 Å². The van der Waals surface area contributed by atoms with Crippen LogP contribution in [0.25, 0.3) is 0 Å². The van der Waals surface area contributed by atoms with Gasteiger partial charge in [0.1, 0.15) is 5.60 Å². The number of ether oxygens (including phenoxy) is 2. The standard InChI is InChI=1S/C36H49NO9SSi/c1-9-43-33(39)32(46-47(41,42)28-22-20-26(2)21-23-28)31(38)24-27(37-34(40)45-35(3,4)5)25-44-48(36(6,7)8,29-16-12-10-13-17-29)30-18-14-11-15-19-30/h10-23,27,31-32,38H,9,24-25H2,1-8H3,(H,37,40)/t27-,31-,32+/m0/s1. The predicted octanol–water partition coefficient (Wildman–Crippen LogP) is 4.85. The second kappa shape index (κ2) is 16.2. The quantitative estimate of drug-likeness (QED) is 0.137. The van der Waals surface area contributed by atoms with Gasteiger partial charge in [0.15, 0.2) is 6.10 Å². The number of aliphatic hydroxyl groups excluding tert-OH is 1. The average molecular weight is 700 g/mol. The first-order valence-corrected chi connectivity index (χ1v) is 19.3. The van der Waals surface area contributed by atoms with Gasteiger partial charge in [0, 0.05) is 0 Å². The molecule has 0 unspecified atom stereocenters. The van der Waals surface area contributed by atoms with Crippen LogP contribution in [0.5, 0.6) is 0 Å². The molecule has 0 bridgehead atoms. The smallest absolute Gasteiger partial charge is 0.407 e. The molecule has 0 aliphatic rings. The van der Waals surface area contributed by atoms with Crippen molar-refractivity contribution in [3.8, 4) is 0 Å². The molecular formula is C36H49NO9SSi. The fourth-order valence-corrected chi connectivity index (χ4v) is 11.1. The van der Waals surface area contributed by atoms with Crippen LogP contribution in [-0.4, -0.2) is 71.0 Å². The minimum Gasteiger partial charge on any atom is -0.464 e. The van der Waals surface area contributed by atoms with Crippen molar-refractivity contribution in [2.45, 2.75) is 95.6 Å². The molecule has 1 amide bonds. The SMILES string of the molecule is CCOC(=O)[C@H](OS(=O)(=O)c1ccc(C)cc1)[C@@H](O)C[C@@H](CO[Si](c1ccccc1)(c1ccccc1)C(C)(C)C)NC(=O)OC(C)(C)C. The van der Waals surface area contributed by atoms with E-state index < -0.39 is 59.4 Å². The Kier molecular flexibility index (Phi) is 13.2. The summed E-state index contributed by atoms with van der Waals surface area (Å²) < 4.78 is 49.4. The molecule has 0 saturated heterocycles. The molecule has 0 radical (unpaired) electrons. The maximum Gasteiger partial charge on any atom is 0.407 e. The first kappa shape index (κ1) is 38.9. The lowest BCUT2D eigenvalue weighted by atomic mass is 10.1. The Morgan fingerprint density at radius 2 is 1.38 bits per heavy atom. The molecule has 3 aromatic rings. The summed E-state index contributed by atoms with van der Waals surface area (Å²) in [6, 6.07) is 24.7. The molecule has 3 atom stereocenters. The highest BCUT2D eigenvalue weighted by Crippen LogP contribution is 2.37. The van der Waals surface area contributed by atoms with Crippen LogP contribution in [0.1, 0.15) is 60.5 Å². The zero-order valence-corrected chi connectivity index (χ0v) is 30.9. The van der Waals surface area contributed by atoms with Crippen LogP contribution in [0.15, 0.2) is 89.8 Å². The van der Waals surface area contributed by atoms with Crippen molar-refractivity contribution in [2.75, 3.05) is 13.2 Å². The van der Waals surface area contributed by atoms with Crippen LogP contribution >= 0.6 is 0 Å². The number of benzene rings is 3. The molecule has 3 aromatic carbocycles. The number of hydrogen-bond acceptors (Lipinski definition) is 9. The minimum absolute atomic E-state index is 0.0768. The number of carbonyl (C=O) groups is 2. The number of aryl methyl sites for hydroxylation is 1. The Bertz CT molecular complexity index is 1550. The van der Waals surface area contributed by atoms with E-state index >= 15 is 0 Å². The van der Waals surface area contributed by atoms with Gasteiger partial charge < -0.3 is 24.3 Å². The Morgan fingerprint density at radius 3 is 1.83 bits per heavy atom. The number of carbonyl (C=O) groups excluding carboxylic acids is 2. The van der Waals surface area contributed by atoms with Gasteiger partial charge in [-0.3, -0.25) is 0 Å². The number of amides is 1. The summed E-state index contributed by atoms with van der Waals surface area (Å²) in [4.78, 5) is 25.9. The fourth-order valence-electron chi connectivity index (χ4n) is 5.43. The van der Waals surface area contributed by atoms with Crippen molar-refractivity contribution in [1.82, 2.24) is 5.32 Å². The molecule has 0 fully saturated rings. The van der Waals surface area contributed by atoms with Gasteiger partial charge in [0.25, 0.3) is 18.4 Å². The highest BCUT2D eigenvalue weighted by Gasteiger charge is 2.50. The zero-order valence-electron chi connectivity index (χ0n) is 29.1. The Hall–Kier alpha value is -3.55. The second-order valence-corrected chi connectivity index (χ2v) is 19.5. The summed E-state index contributed by atoms with van der Waals surface area (Å²) in [6.07, 6.45) is -4.75. The highest BCUT2D eigenvalue weighted by molar-refractivity contribution is 7.86. The number of nitrogens with one attached hydrogen (secondary N) is 1. The monoisotopic (exact) mass is 699 g/mol. The zero-order chi connectivity index (χ0) is 35.8. The van der Waals surface area contributed by atoms with E-state index in [0.29, 0.717) is 0 Å². The number of esters is 1. The van der Waals surface area contributed by atoms with Crippen LogP contribution in [0.2, 0.25) is 5.04 Å². The van der Waals surface area contributed by atoms with E-state index in [-0.39, 0.29) is 24.5 Å². The number of aliphatic hydroxyl groups is 1. The van der Waals surface area contributed by atoms with Crippen LogP contribution < -0.4 is 15.7 Å². The largest absolute Gasteiger partial charge is 0.464 e. The second-order valence-electron chi connectivity index (χ2n) is 13.7. The van der Waals surface area contributed by atoms with Gasteiger partial charge in [-0.25, -0.2) is 13.8 Å². The first-order valence-electron chi connectivity index (χ1n) is 16.0. The molecule has 0 heterocycles. The van der Waals surface area contributed by atoms with E-state index in [4.69, 9.17) is 18.1 Å². The van der Waals surface area contributed by atoms with Crippen molar-refractivity contribution in [3.63, 3.8) is 0 Å². The minimum atomic E-state index is -4.49. The fraction of sp³-hybridized carbons (Fsp3) is 0.444. The summed E-state index contributed by atoms with van der Waals surface area (Å²) in [5.41, 5.74) is -0.00184. The topological polar surface area (TPSA) is 137 Å². The number of alkyl carbamates (subject to hydrolysis) is 1. The third-order valence-electron chi connectivity index (χ3n) is 7.57. The third kappa shape index (κ3) is 10.2. The van der Waals surface area contributed by atoms with Crippen molar-refractivity contribution in [1.29, 1.82) is 0 Å². The average Bonchev–Trinajstić information content (AvgIpc) is 3.00. The Balaban J connectivity index is 2.03. The van der Waals surface area contributed by atoms with Crippen LogP contribution in [0.4, 0.5) is 4.79 Å². The maximum absolute atomic E-state index is 13.2. The van der Waals surface area contributed by atoms with Crippen molar-refractivity contribution < 1.29 is 41.2 Å². The van der Waals surface area contributed by atoms with Gasteiger partial charge in [-0.1, -0.05) is 99.1 Å². The summed E-state index contributed by atoms with van der Waals surface area (Å²) in [5, 5.41) is 15.8. The molecule has 0 saturated carbocycles. The van der Waals surface area contributed by atoms with E-state index in [0.717, 1.165) is 15.9 Å². The first-order chi connectivity index (χ1) is 22.4. The molecule has 0 aromatic heterocycles. The summed E-state index contributed by atoms with van der Waals surface area (Å²) >= 11 is 0. The van der Waals surface area contributed by atoms with E-state index in [9.17, 15) is 23.1 Å². The molecule has 12 heteroatoms. The summed E-state index contributed by atoms with van der Waals surface area (Å²) in [5.74, 6) is -1.07. The molecule has 48 heavy (non-hydrogen) atoms. The van der Waals surface area contributed by atoms with Gasteiger partial charge in [0.2, 0.25) is 0 Å². The molecule has 0 aliphatic heterocycles.